The van der Waals surface area contributed by atoms with Gasteiger partial charge in [0.15, 0.2) is 5.11 Å². The SMILES string of the molecule is Cc1ccc(NC(=S)N2CCC(c3cc(=O)n(-c4ccccc4)[nH]3)CC2)cc1. The molecule has 0 bridgehead atoms. The summed E-state index contributed by atoms with van der Waals surface area (Å²) in [5.74, 6) is 0.344. The second-order valence-corrected chi connectivity index (χ2v) is 7.66. The van der Waals surface area contributed by atoms with Crippen molar-refractivity contribution in [2.45, 2.75) is 25.7 Å². The molecular weight excluding hydrogens is 368 g/mol. The van der Waals surface area contributed by atoms with Crippen LogP contribution in [0.5, 0.6) is 0 Å². The lowest BCUT2D eigenvalue weighted by Gasteiger charge is -2.33. The Morgan fingerprint density at radius 3 is 2.43 bits per heavy atom. The van der Waals surface area contributed by atoms with E-state index >= 15 is 0 Å². The third-order valence-electron chi connectivity index (χ3n) is 5.28. The van der Waals surface area contributed by atoms with Crippen LogP contribution in [0, 0.1) is 6.92 Å². The lowest BCUT2D eigenvalue weighted by Crippen LogP contribution is -2.40. The van der Waals surface area contributed by atoms with Gasteiger partial charge in [-0.2, -0.15) is 0 Å². The number of nitrogens with zero attached hydrogens (tertiary/aromatic N) is 2. The number of thiocarbonyl (C=S) groups is 1. The first kappa shape index (κ1) is 18.5. The Kier molecular flexibility index (Phi) is 5.30. The second-order valence-electron chi connectivity index (χ2n) is 7.28. The van der Waals surface area contributed by atoms with Crippen molar-refractivity contribution in [1.82, 2.24) is 14.7 Å². The van der Waals surface area contributed by atoms with Crippen LogP contribution in [-0.2, 0) is 0 Å². The smallest absolute Gasteiger partial charge is 0.271 e. The van der Waals surface area contributed by atoms with Gasteiger partial charge in [-0.15, -0.1) is 0 Å². The molecule has 4 rings (SSSR count). The van der Waals surface area contributed by atoms with Gasteiger partial charge in [0, 0.05) is 36.5 Å². The summed E-state index contributed by atoms with van der Waals surface area (Å²) in [6.07, 6.45) is 1.93. The summed E-state index contributed by atoms with van der Waals surface area (Å²) in [5.41, 5.74) is 4.10. The summed E-state index contributed by atoms with van der Waals surface area (Å²) < 4.78 is 1.62. The molecule has 1 saturated heterocycles. The molecule has 0 unspecified atom stereocenters. The lowest BCUT2D eigenvalue weighted by molar-refractivity contribution is 0.313. The normalized spacial score (nSPS) is 14.8. The van der Waals surface area contributed by atoms with Crippen molar-refractivity contribution in [3.05, 3.63) is 82.3 Å². The molecule has 0 aliphatic carbocycles. The average molecular weight is 393 g/mol. The van der Waals surface area contributed by atoms with E-state index < -0.39 is 0 Å². The maximum Gasteiger partial charge on any atom is 0.271 e. The van der Waals surface area contributed by atoms with Crippen LogP contribution >= 0.6 is 12.2 Å². The van der Waals surface area contributed by atoms with E-state index in [1.54, 1.807) is 10.7 Å². The molecule has 6 heteroatoms. The molecule has 0 amide bonds. The first-order valence-corrected chi connectivity index (χ1v) is 10.0. The standard InChI is InChI=1S/C22H24N4OS/c1-16-7-9-18(10-8-16)23-22(28)25-13-11-17(12-14-25)20-15-21(27)26(24-20)19-5-3-2-4-6-19/h2-10,15,17,24H,11-14H2,1H3,(H,23,28). The molecule has 2 aromatic carbocycles. The topological polar surface area (TPSA) is 53.1 Å². The fraction of sp³-hybridized carbons (Fsp3) is 0.273. The van der Waals surface area contributed by atoms with Crippen LogP contribution in [0.1, 0.15) is 30.0 Å². The number of anilines is 1. The molecule has 2 N–H and O–H groups in total. The van der Waals surface area contributed by atoms with E-state index in [1.807, 2.05) is 42.5 Å². The quantitative estimate of drug-likeness (QED) is 0.660. The van der Waals surface area contributed by atoms with Crippen molar-refractivity contribution in [3.63, 3.8) is 0 Å². The Balaban J connectivity index is 1.38. The summed E-state index contributed by atoms with van der Waals surface area (Å²) in [6.45, 7) is 3.82. The number of benzene rings is 2. The highest BCUT2D eigenvalue weighted by molar-refractivity contribution is 7.80. The first-order valence-electron chi connectivity index (χ1n) is 9.60. The highest BCUT2D eigenvalue weighted by Crippen LogP contribution is 2.27. The van der Waals surface area contributed by atoms with Crippen LogP contribution < -0.4 is 10.9 Å². The van der Waals surface area contributed by atoms with Crippen LogP contribution in [0.15, 0.2) is 65.5 Å². The van der Waals surface area contributed by atoms with Crippen molar-refractivity contribution >= 4 is 23.0 Å². The molecule has 2 heterocycles. The molecule has 144 valence electrons. The van der Waals surface area contributed by atoms with Gasteiger partial charge < -0.3 is 10.2 Å². The molecule has 1 aliphatic heterocycles. The third-order valence-corrected chi connectivity index (χ3v) is 5.64. The number of aromatic amines is 1. The fourth-order valence-electron chi connectivity index (χ4n) is 3.63. The van der Waals surface area contributed by atoms with Crippen LogP contribution in [0.3, 0.4) is 0 Å². The van der Waals surface area contributed by atoms with E-state index in [9.17, 15) is 4.79 Å². The largest absolute Gasteiger partial charge is 0.349 e. The number of nitrogens with one attached hydrogen (secondary N) is 2. The zero-order chi connectivity index (χ0) is 19.5. The van der Waals surface area contributed by atoms with E-state index in [0.29, 0.717) is 5.92 Å². The molecule has 28 heavy (non-hydrogen) atoms. The Bertz CT molecular complexity index is 999. The number of piperidine rings is 1. The summed E-state index contributed by atoms with van der Waals surface area (Å²) >= 11 is 5.59. The van der Waals surface area contributed by atoms with Gasteiger partial charge in [-0.1, -0.05) is 35.9 Å². The molecular formula is C22H24N4OS. The Morgan fingerprint density at radius 2 is 1.75 bits per heavy atom. The number of aromatic nitrogens is 2. The van der Waals surface area contributed by atoms with E-state index in [-0.39, 0.29) is 5.56 Å². The monoisotopic (exact) mass is 392 g/mol. The molecule has 1 fully saturated rings. The Morgan fingerprint density at radius 1 is 1.07 bits per heavy atom. The average Bonchev–Trinajstić information content (AvgIpc) is 3.12. The number of aryl methyl sites for hydroxylation is 1. The predicted octanol–water partition coefficient (Wildman–Crippen LogP) is 4.05. The number of rotatable bonds is 3. The predicted molar refractivity (Wildman–Crippen MR) is 117 cm³/mol. The van der Waals surface area contributed by atoms with Crippen molar-refractivity contribution < 1.29 is 0 Å². The summed E-state index contributed by atoms with van der Waals surface area (Å²) in [5, 5.41) is 7.38. The van der Waals surface area contributed by atoms with E-state index in [0.717, 1.165) is 48.1 Å². The van der Waals surface area contributed by atoms with Crippen molar-refractivity contribution in [3.8, 4) is 5.69 Å². The Labute approximate surface area is 170 Å². The number of hydrogen-bond acceptors (Lipinski definition) is 2. The molecule has 0 spiro atoms. The highest BCUT2D eigenvalue weighted by atomic mass is 32.1. The van der Waals surface area contributed by atoms with Crippen molar-refractivity contribution in [2.24, 2.45) is 0 Å². The molecule has 1 aromatic heterocycles. The minimum atomic E-state index is -0.0137. The molecule has 0 atom stereocenters. The number of H-pyrrole nitrogens is 1. The van der Waals surface area contributed by atoms with E-state index in [1.165, 1.54) is 5.56 Å². The summed E-state index contributed by atoms with van der Waals surface area (Å²) in [7, 11) is 0. The van der Waals surface area contributed by atoms with Gasteiger partial charge in [-0.05, 0) is 56.2 Å². The van der Waals surface area contributed by atoms with Gasteiger partial charge in [-0.3, -0.25) is 9.89 Å². The highest BCUT2D eigenvalue weighted by Gasteiger charge is 2.24. The Hall–Kier alpha value is -2.86. The molecule has 3 aromatic rings. The molecule has 1 aliphatic rings. The summed E-state index contributed by atoms with van der Waals surface area (Å²) in [6, 6.07) is 19.6. The van der Waals surface area contributed by atoms with Gasteiger partial charge in [0.2, 0.25) is 0 Å². The first-order chi connectivity index (χ1) is 13.6. The van der Waals surface area contributed by atoms with Crippen LogP contribution in [0.4, 0.5) is 5.69 Å². The molecule has 5 nitrogen and oxygen atoms in total. The van der Waals surface area contributed by atoms with Crippen LogP contribution in [0.2, 0.25) is 0 Å². The third kappa shape index (κ3) is 4.02. The lowest BCUT2D eigenvalue weighted by atomic mass is 9.94. The zero-order valence-corrected chi connectivity index (χ0v) is 16.7. The van der Waals surface area contributed by atoms with E-state index in [4.69, 9.17) is 12.2 Å². The fourth-order valence-corrected chi connectivity index (χ4v) is 3.93. The van der Waals surface area contributed by atoms with Gasteiger partial charge in [0.05, 0.1) is 5.69 Å². The van der Waals surface area contributed by atoms with Gasteiger partial charge >= 0.3 is 0 Å². The molecule has 0 saturated carbocycles. The van der Waals surface area contributed by atoms with Crippen LogP contribution in [0.25, 0.3) is 5.69 Å². The second kappa shape index (κ2) is 8.02. The van der Waals surface area contributed by atoms with E-state index in [2.05, 4.69) is 34.4 Å². The maximum absolute atomic E-state index is 12.4. The summed E-state index contributed by atoms with van der Waals surface area (Å²) in [4.78, 5) is 14.6. The van der Waals surface area contributed by atoms with Crippen molar-refractivity contribution in [2.75, 3.05) is 18.4 Å². The zero-order valence-electron chi connectivity index (χ0n) is 15.9. The molecule has 0 radical (unpaired) electrons. The number of para-hydroxylation sites is 1. The van der Waals surface area contributed by atoms with Gasteiger partial charge in [0.1, 0.15) is 0 Å². The van der Waals surface area contributed by atoms with Crippen molar-refractivity contribution in [1.29, 1.82) is 0 Å². The van der Waals surface area contributed by atoms with Gasteiger partial charge in [0.25, 0.3) is 5.56 Å². The number of likely N-dealkylation sites (tertiary alicyclic amines) is 1. The van der Waals surface area contributed by atoms with Gasteiger partial charge in [-0.25, -0.2) is 4.68 Å². The maximum atomic E-state index is 12.4. The minimum Gasteiger partial charge on any atom is -0.349 e. The minimum absolute atomic E-state index is 0.0137. The number of hydrogen-bond donors (Lipinski definition) is 2. The van der Waals surface area contributed by atoms with Crippen LogP contribution in [-0.4, -0.2) is 32.9 Å².